The summed E-state index contributed by atoms with van der Waals surface area (Å²) in [5, 5.41) is 2.85. The smallest absolute Gasteiger partial charge is 0.243 e. The first-order valence-corrected chi connectivity index (χ1v) is 5.06. The number of hydrogen-bond acceptors (Lipinski definition) is 3. The van der Waals surface area contributed by atoms with Crippen LogP contribution in [0.1, 0.15) is 5.56 Å². The first kappa shape index (κ1) is 9.98. The van der Waals surface area contributed by atoms with Crippen LogP contribution in [0.4, 0.5) is 11.4 Å². The summed E-state index contributed by atoms with van der Waals surface area (Å²) in [4.78, 5) is 13.4. The predicted molar refractivity (Wildman–Crippen MR) is 61.1 cm³/mol. The van der Waals surface area contributed by atoms with Crippen molar-refractivity contribution in [2.24, 2.45) is 5.73 Å². The second-order valence-corrected chi connectivity index (χ2v) is 3.78. The van der Waals surface area contributed by atoms with E-state index >= 15 is 0 Å². The van der Waals surface area contributed by atoms with Crippen LogP contribution in [-0.2, 0) is 4.79 Å². The monoisotopic (exact) mass is 205 g/mol. The SMILES string of the molecule is Cc1ccc2c(c1)N(CCN)CC(=O)N2. The third-order valence-corrected chi connectivity index (χ3v) is 2.50. The fourth-order valence-corrected chi connectivity index (χ4v) is 1.81. The van der Waals surface area contributed by atoms with Gasteiger partial charge in [-0.3, -0.25) is 4.79 Å². The third kappa shape index (κ3) is 1.94. The molecule has 0 atom stereocenters. The second kappa shape index (κ2) is 3.90. The molecule has 1 aromatic rings. The Hall–Kier alpha value is -1.55. The summed E-state index contributed by atoms with van der Waals surface area (Å²) < 4.78 is 0. The number of aryl methyl sites for hydroxylation is 1. The molecular weight excluding hydrogens is 190 g/mol. The molecule has 1 heterocycles. The van der Waals surface area contributed by atoms with Crippen molar-refractivity contribution in [2.45, 2.75) is 6.92 Å². The lowest BCUT2D eigenvalue weighted by Crippen LogP contribution is -2.40. The molecule has 4 nitrogen and oxygen atoms in total. The van der Waals surface area contributed by atoms with Gasteiger partial charge in [0, 0.05) is 13.1 Å². The van der Waals surface area contributed by atoms with Gasteiger partial charge in [-0.05, 0) is 24.6 Å². The zero-order valence-corrected chi connectivity index (χ0v) is 8.79. The van der Waals surface area contributed by atoms with Gasteiger partial charge in [0.05, 0.1) is 17.9 Å². The number of benzene rings is 1. The van der Waals surface area contributed by atoms with E-state index in [1.165, 1.54) is 5.56 Å². The van der Waals surface area contributed by atoms with Gasteiger partial charge < -0.3 is 16.0 Å². The highest BCUT2D eigenvalue weighted by Crippen LogP contribution is 2.29. The summed E-state index contributed by atoms with van der Waals surface area (Å²) in [5.74, 6) is 0.0276. The molecule has 0 aromatic heterocycles. The molecule has 0 saturated carbocycles. The number of rotatable bonds is 2. The Labute approximate surface area is 89.1 Å². The maximum Gasteiger partial charge on any atom is 0.243 e. The summed E-state index contributed by atoms with van der Waals surface area (Å²) in [5.41, 5.74) is 8.66. The normalized spacial score (nSPS) is 14.8. The molecule has 0 spiro atoms. The lowest BCUT2D eigenvalue weighted by Gasteiger charge is -2.30. The second-order valence-electron chi connectivity index (χ2n) is 3.78. The summed E-state index contributed by atoms with van der Waals surface area (Å²) >= 11 is 0. The average molecular weight is 205 g/mol. The van der Waals surface area contributed by atoms with Crippen molar-refractivity contribution in [3.8, 4) is 0 Å². The summed E-state index contributed by atoms with van der Waals surface area (Å²) in [6.07, 6.45) is 0. The van der Waals surface area contributed by atoms with E-state index < -0.39 is 0 Å². The van der Waals surface area contributed by atoms with Crippen molar-refractivity contribution in [3.05, 3.63) is 23.8 Å². The molecule has 1 aliphatic heterocycles. The molecule has 0 fully saturated rings. The molecule has 1 aliphatic rings. The maximum absolute atomic E-state index is 11.4. The number of carbonyl (C=O) groups is 1. The first-order chi connectivity index (χ1) is 7.20. The van der Waals surface area contributed by atoms with Crippen LogP contribution in [0.5, 0.6) is 0 Å². The van der Waals surface area contributed by atoms with Crippen molar-refractivity contribution in [3.63, 3.8) is 0 Å². The minimum atomic E-state index is 0.0276. The minimum Gasteiger partial charge on any atom is -0.359 e. The molecular formula is C11H15N3O. The van der Waals surface area contributed by atoms with Gasteiger partial charge in [-0.1, -0.05) is 6.07 Å². The maximum atomic E-state index is 11.4. The fourth-order valence-electron chi connectivity index (χ4n) is 1.81. The molecule has 0 unspecified atom stereocenters. The van der Waals surface area contributed by atoms with Crippen LogP contribution in [0.2, 0.25) is 0 Å². The lowest BCUT2D eigenvalue weighted by molar-refractivity contribution is -0.115. The first-order valence-electron chi connectivity index (χ1n) is 5.06. The molecule has 0 aliphatic carbocycles. The highest BCUT2D eigenvalue weighted by molar-refractivity contribution is 6.01. The zero-order valence-electron chi connectivity index (χ0n) is 8.79. The van der Waals surface area contributed by atoms with Gasteiger partial charge in [0.2, 0.25) is 5.91 Å². The van der Waals surface area contributed by atoms with Gasteiger partial charge in [-0.15, -0.1) is 0 Å². The van der Waals surface area contributed by atoms with Crippen molar-refractivity contribution in [2.75, 3.05) is 29.9 Å². The van der Waals surface area contributed by atoms with Crippen molar-refractivity contribution < 1.29 is 4.79 Å². The summed E-state index contributed by atoms with van der Waals surface area (Å²) in [6.45, 7) is 3.70. The van der Waals surface area contributed by atoms with Crippen molar-refractivity contribution in [1.29, 1.82) is 0 Å². The van der Waals surface area contributed by atoms with Crippen molar-refractivity contribution >= 4 is 17.3 Å². The van der Waals surface area contributed by atoms with Gasteiger partial charge in [0.15, 0.2) is 0 Å². The number of fused-ring (bicyclic) bond motifs is 1. The van der Waals surface area contributed by atoms with Gasteiger partial charge in [0.25, 0.3) is 0 Å². The number of nitrogens with zero attached hydrogens (tertiary/aromatic N) is 1. The highest BCUT2D eigenvalue weighted by Gasteiger charge is 2.20. The van der Waals surface area contributed by atoms with Crippen LogP contribution in [-0.4, -0.2) is 25.5 Å². The van der Waals surface area contributed by atoms with Crippen LogP contribution < -0.4 is 16.0 Å². The van der Waals surface area contributed by atoms with Crippen LogP contribution in [0, 0.1) is 6.92 Å². The Morgan fingerprint density at radius 1 is 1.53 bits per heavy atom. The zero-order chi connectivity index (χ0) is 10.8. The number of hydrogen-bond donors (Lipinski definition) is 2. The topological polar surface area (TPSA) is 58.4 Å². The Bertz CT molecular complexity index is 389. The Morgan fingerprint density at radius 2 is 2.33 bits per heavy atom. The van der Waals surface area contributed by atoms with Crippen LogP contribution in [0.15, 0.2) is 18.2 Å². The molecule has 80 valence electrons. The molecule has 0 bridgehead atoms. The Morgan fingerprint density at radius 3 is 3.07 bits per heavy atom. The summed E-state index contributed by atoms with van der Waals surface area (Å²) in [6, 6.07) is 6.00. The Kier molecular flexibility index (Phi) is 2.60. The van der Waals surface area contributed by atoms with Gasteiger partial charge >= 0.3 is 0 Å². The molecule has 1 aromatic carbocycles. The number of amides is 1. The molecule has 15 heavy (non-hydrogen) atoms. The number of nitrogens with one attached hydrogen (secondary N) is 1. The van der Waals surface area contributed by atoms with Crippen LogP contribution >= 0.6 is 0 Å². The highest BCUT2D eigenvalue weighted by atomic mass is 16.2. The van der Waals surface area contributed by atoms with E-state index in [9.17, 15) is 4.79 Å². The minimum absolute atomic E-state index is 0.0276. The van der Waals surface area contributed by atoms with Crippen molar-refractivity contribution in [1.82, 2.24) is 0 Å². The van der Waals surface area contributed by atoms with E-state index in [1.54, 1.807) is 0 Å². The van der Waals surface area contributed by atoms with Gasteiger partial charge in [0.1, 0.15) is 0 Å². The molecule has 2 rings (SSSR count). The van der Waals surface area contributed by atoms with Gasteiger partial charge in [-0.2, -0.15) is 0 Å². The summed E-state index contributed by atoms with van der Waals surface area (Å²) in [7, 11) is 0. The Balaban J connectivity index is 2.38. The number of anilines is 2. The number of nitrogens with two attached hydrogens (primary N) is 1. The van der Waals surface area contributed by atoms with E-state index in [4.69, 9.17) is 5.73 Å². The lowest BCUT2D eigenvalue weighted by atomic mass is 10.1. The van der Waals surface area contributed by atoms with E-state index in [0.29, 0.717) is 19.6 Å². The van der Waals surface area contributed by atoms with E-state index in [-0.39, 0.29) is 5.91 Å². The van der Waals surface area contributed by atoms with E-state index in [0.717, 1.165) is 11.4 Å². The third-order valence-electron chi connectivity index (χ3n) is 2.50. The number of carbonyl (C=O) groups excluding carboxylic acids is 1. The van der Waals surface area contributed by atoms with E-state index in [2.05, 4.69) is 11.4 Å². The predicted octanol–water partition coefficient (Wildman–Crippen LogP) is 0.712. The van der Waals surface area contributed by atoms with Crippen LogP contribution in [0.3, 0.4) is 0 Å². The van der Waals surface area contributed by atoms with Gasteiger partial charge in [-0.25, -0.2) is 0 Å². The van der Waals surface area contributed by atoms with Crippen LogP contribution in [0.25, 0.3) is 0 Å². The molecule has 1 amide bonds. The molecule has 0 saturated heterocycles. The average Bonchev–Trinajstić information content (AvgIpc) is 2.19. The fraction of sp³-hybridized carbons (Fsp3) is 0.364. The molecule has 3 N–H and O–H groups in total. The van der Waals surface area contributed by atoms with E-state index in [1.807, 2.05) is 24.0 Å². The molecule has 4 heteroatoms. The quantitative estimate of drug-likeness (QED) is 0.747. The largest absolute Gasteiger partial charge is 0.359 e. The molecule has 0 radical (unpaired) electrons. The standard InChI is InChI=1S/C11H15N3O/c1-8-2-3-9-10(6-8)14(5-4-12)7-11(15)13-9/h2-3,6H,4-5,7,12H2,1H3,(H,13,15).